The molecular formula is C7H15NS. The van der Waals surface area contributed by atoms with E-state index in [1.807, 2.05) is 11.8 Å². The summed E-state index contributed by atoms with van der Waals surface area (Å²) in [5.41, 5.74) is 6.20. The molecule has 0 amide bonds. The van der Waals surface area contributed by atoms with Gasteiger partial charge in [-0.25, -0.2) is 0 Å². The van der Waals surface area contributed by atoms with Crippen LogP contribution in [0.5, 0.6) is 0 Å². The van der Waals surface area contributed by atoms with E-state index in [2.05, 4.69) is 6.26 Å². The van der Waals surface area contributed by atoms with Crippen LogP contribution in [-0.4, -0.2) is 18.6 Å². The van der Waals surface area contributed by atoms with E-state index in [0.29, 0.717) is 5.41 Å². The molecular weight excluding hydrogens is 130 g/mol. The summed E-state index contributed by atoms with van der Waals surface area (Å²) in [4.78, 5) is 0. The molecule has 0 saturated heterocycles. The second-order valence-corrected chi connectivity index (χ2v) is 3.93. The van der Waals surface area contributed by atoms with Crippen molar-refractivity contribution in [3.8, 4) is 0 Å². The van der Waals surface area contributed by atoms with Gasteiger partial charge >= 0.3 is 0 Å². The summed E-state index contributed by atoms with van der Waals surface area (Å²) < 4.78 is 0. The predicted molar refractivity (Wildman–Crippen MR) is 43.7 cm³/mol. The minimum atomic E-state index is 0.600. The molecule has 1 aliphatic carbocycles. The molecule has 0 aliphatic heterocycles. The zero-order valence-corrected chi connectivity index (χ0v) is 6.84. The Kier molecular flexibility index (Phi) is 2.42. The monoisotopic (exact) mass is 145 g/mol. The van der Waals surface area contributed by atoms with Crippen LogP contribution >= 0.6 is 11.8 Å². The van der Waals surface area contributed by atoms with Crippen LogP contribution in [0.15, 0.2) is 0 Å². The molecule has 0 aromatic rings. The maximum Gasteiger partial charge on any atom is -0.00202 e. The molecule has 54 valence electrons. The van der Waals surface area contributed by atoms with Crippen molar-refractivity contribution in [1.82, 2.24) is 0 Å². The predicted octanol–water partition coefficient (Wildman–Crippen LogP) is 1.48. The van der Waals surface area contributed by atoms with E-state index >= 15 is 0 Å². The smallest absolute Gasteiger partial charge is 0.00202 e. The normalized spacial score (nSPS) is 22.0. The molecule has 1 aliphatic rings. The Morgan fingerprint density at radius 3 is 2.56 bits per heavy atom. The highest BCUT2D eigenvalue weighted by molar-refractivity contribution is 7.98. The van der Waals surface area contributed by atoms with Crippen LogP contribution in [0.1, 0.15) is 19.3 Å². The molecule has 1 fully saturated rings. The third kappa shape index (κ3) is 1.87. The van der Waals surface area contributed by atoms with Crippen molar-refractivity contribution in [2.75, 3.05) is 18.6 Å². The van der Waals surface area contributed by atoms with Crippen LogP contribution in [0.25, 0.3) is 0 Å². The van der Waals surface area contributed by atoms with E-state index in [4.69, 9.17) is 5.73 Å². The molecule has 2 heteroatoms. The maximum absolute atomic E-state index is 5.60. The van der Waals surface area contributed by atoms with Crippen molar-refractivity contribution in [3.63, 3.8) is 0 Å². The maximum atomic E-state index is 5.60. The van der Waals surface area contributed by atoms with Gasteiger partial charge in [0.1, 0.15) is 0 Å². The molecule has 0 radical (unpaired) electrons. The molecule has 0 heterocycles. The molecule has 9 heavy (non-hydrogen) atoms. The Hall–Kier alpha value is 0.310. The summed E-state index contributed by atoms with van der Waals surface area (Å²) in [5, 5.41) is 0. The number of hydrogen-bond donors (Lipinski definition) is 1. The van der Waals surface area contributed by atoms with E-state index in [1.165, 1.54) is 25.0 Å². The van der Waals surface area contributed by atoms with Gasteiger partial charge in [0.15, 0.2) is 0 Å². The summed E-state index contributed by atoms with van der Waals surface area (Å²) in [5.74, 6) is 1.29. The SMILES string of the molecule is CSCCC1(CN)CC1. The third-order valence-electron chi connectivity index (χ3n) is 2.23. The highest BCUT2D eigenvalue weighted by Gasteiger charge is 2.39. The van der Waals surface area contributed by atoms with Gasteiger partial charge in [0, 0.05) is 0 Å². The minimum absolute atomic E-state index is 0.600. The van der Waals surface area contributed by atoms with Gasteiger partial charge in [0.2, 0.25) is 0 Å². The Labute approximate surface area is 61.4 Å². The van der Waals surface area contributed by atoms with E-state index in [-0.39, 0.29) is 0 Å². The highest BCUT2D eigenvalue weighted by Crippen LogP contribution is 2.48. The van der Waals surface area contributed by atoms with Gasteiger partial charge in [-0.3, -0.25) is 0 Å². The molecule has 1 nitrogen and oxygen atoms in total. The molecule has 0 aromatic heterocycles. The van der Waals surface area contributed by atoms with E-state index in [0.717, 1.165) is 6.54 Å². The molecule has 0 unspecified atom stereocenters. The largest absolute Gasteiger partial charge is 0.330 e. The molecule has 0 aromatic carbocycles. The Balaban J connectivity index is 2.10. The lowest BCUT2D eigenvalue weighted by atomic mass is 10.1. The summed E-state index contributed by atoms with van der Waals surface area (Å²) in [6, 6.07) is 0. The van der Waals surface area contributed by atoms with Crippen molar-refractivity contribution in [2.24, 2.45) is 11.1 Å². The van der Waals surface area contributed by atoms with Crippen molar-refractivity contribution >= 4 is 11.8 Å². The van der Waals surface area contributed by atoms with Crippen LogP contribution in [0, 0.1) is 5.41 Å². The number of nitrogens with two attached hydrogens (primary N) is 1. The molecule has 1 rings (SSSR count). The van der Waals surface area contributed by atoms with Crippen molar-refractivity contribution in [3.05, 3.63) is 0 Å². The molecule has 0 atom stereocenters. The first-order valence-corrected chi connectivity index (χ1v) is 4.91. The first-order valence-electron chi connectivity index (χ1n) is 3.52. The quantitative estimate of drug-likeness (QED) is 0.648. The lowest BCUT2D eigenvalue weighted by molar-refractivity contribution is 0.510. The summed E-state index contributed by atoms with van der Waals surface area (Å²) >= 11 is 1.93. The fourth-order valence-electron chi connectivity index (χ4n) is 1.05. The summed E-state index contributed by atoms with van der Waals surface area (Å²) in [6.45, 7) is 0.910. The van der Waals surface area contributed by atoms with Gasteiger partial charge in [0.25, 0.3) is 0 Å². The third-order valence-corrected chi connectivity index (χ3v) is 2.84. The van der Waals surface area contributed by atoms with Gasteiger partial charge in [-0.05, 0) is 43.2 Å². The van der Waals surface area contributed by atoms with Crippen LogP contribution in [0.2, 0.25) is 0 Å². The van der Waals surface area contributed by atoms with E-state index < -0.39 is 0 Å². The fourth-order valence-corrected chi connectivity index (χ4v) is 1.69. The standard InChI is InChI=1S/C7H15NS/c1-9-5-4-7(6-8)2-3-7/h2-6,8H2,1H3. The molecule has 0 bridgehead atoms. The Bertz CT molecular complexity index is 88.9. The summed E-state index contributed by atoms with van der Waals surface area (Å²) in [7, 11) is 0. The fraction of sp³-hybridized carbons (Fsp3) is 1.00. The van der Waals surface area contributed by atoms with Crippen molar-refractivity contribution < 1.29 is 0 Å². The first kappa shape index (κ1) is 7.42. The van der Waals surface area contributed by atoms with Crippen LogP contribution in [0.4, 0.5) is 0 Å². The van der Waals surface area contributed by atoms with Gasteiger partial charge in [0.05, 0.1) is 0 Å². The minimum Gasteiger partial charge on any atom is -0.330 e. The van der Waals surface area contributed by atoms with Crippen LogP contribution in [-0.2, 0) is 0 Å². The second-order valence-electron chi connectivity index (χ2n) is 2.95. The zero-order valence-electron chi connectivity index (χ0n) is 6.02. The average molecular weight is 145 g/mol. The molecule has 0 spiro atoms. The van der Waals surface area contributed by atoms with Gasteiger partial charge in [-0.15, -0.1) is 0 Å². The molecule has 2 N–H and O–H groups in total. The topological polar surface area (TPSA) is 26.0 Å². The number of hydrogen-bond acceptors (Lipinski definition) is 2. The number of thioether (sulfide) groups is 1. The van der Waals surface area contributed by atoms with Crippen molar-refractivity contribution in [1.29, 1.82) is 0 Å². The summed E-state index contributed by atoms with van der Waals surface area (Å²) in [6.07, 6.45) is 6.26. The Morgan fingerprint density at radius 2 is 2.22 bits per heavy atom. The lowest BCUT2D eigenvalue weighted by Crippen LogP contribution is -2.15. The molecule has 1 saturated carbocycles. The number of rotatable bonds is 4. The lowest BCUT2D eigenvalue weighted by Gasteiger charge is -2.09. The highest BCUT2D eigenvalue weighted by atomic mass is 32.2. The van der Waals surface area contributed by atoms with Crippen LogP contribution < -0.4 is 5.73 Å². The Morgan fingerprint density at radius 1 is 1.56 bits per heavy atom. The van der Waals surface area contributed by atoms with Crippen LogP contribution in [0.3, 0.4) is 0 Å². The van der Waals surface area contributed by atoms with E-state index in [9.17, 15) is 0 Å². The van der Waals surface area contributed by atoms with Gasteiger partial charge in [-0.1, -0.05) is 0 Å². The first-order chi connectivity index (χ1) is 4.33. The zero-order chi connectivity index (χ0) is 6.74. The average Bonchev–Trinajstić information content (AvgIpc) is 2.65. The van der Waals surface area contributed by atoms with Gasteiger partial charge < -0.3 is 5.73 Å². The van der Waals surface area contributed by atoms with Crippen molar-refractivity contribution in [2.45, 2.75) is 19.3 Å². The van der Waals surface area contributed by atoms with E-state index in [1.54, 1.807) is 0 Å². The van der Waals surface area contributed by atoms with Gasteiger partial charge in [-0.2, -0.15) is 11.8 Å². The second kappa shape index (κ2) is 2.93.